The first kappa shape index (κ1) is 14.7. The first-order chi connectivity index (χ1) is 9.19. The zero-order valence-electron chi connectivity index (χ0n) is 11.6. The van der Waals surface area contributed by atoms with Gasteiger partial charge in [-0.15, -0.1) is 0 Å². The van der Waals surface area contributed by atoms with Gasteiger partial charge in [0.2, 0.25) is 0 Å². The van der Waals surface area contributed by atoms with Crippen LogP contribution >= 0.6 is 15.9 Å². The molecule has 0 atom stereocenters. The molecule has 0 spiro atoms. The molecule has 0 aliphatic carbocycles. The maximum absolute atomic E-state index is 6.01. The summed E-state index contributed by atoms with van der Waals surface area (Å²) in [7, 11) is 1.68. The van der Waals surface area contributed by atoms with E-state index in [1.165, 1.54) is 5.56 Å². The molecule has 2 rings (SSSR count). The highest BCUT2D eigenvalue weighted by molar-refractivity contribution is 9.09. The van der Waals surface area contributed by atoms with E-state index in [0.717, 1.165) is 42.9 Å². The van der Waals surface area contributed by atoms with Gasteiger partial charge in [-0.3, -0.25) is 0 Å². The van der Waals surface area contributed by atoms with Crippen LogP contribution in [0.15, 0.2) is 18.2 Å². The molecule has 0 bridgehead atoms. The Balaban J connectivity index is 2.04. The molecule has 106 valence electrons. The average molecular weight is 329 g/mol. The lowest BCUT2D eigenvalue weighted by Crippen LogP contribution is -2.36. The summed E-state index contributed by atoms with van der Waals surface area (Å²) in [5.41, 5.74) is 1.35. The second-order valence-corrected chi connectivity index (χ2v) is 5.75. The van der Waals surface area contributed by atoms with Crippen LogP contribution in [-0.4, -0.2) is 32.3 Å². The van der Waals surface area contributed by atoms with Gasteiger partial charge in [-0.25, -0.2) is 0 Å². The van der Waals surface area contributed by atoms with E-state index < -0.39 is 0 Å². The van der Waals surface area contributed by atoms with Crippen LogP contribution in [0.1, 0.15) is 18.4 Å². The van der Waals surface area contributed by atoms with Gasteiger partial charge in [-0.1, -0.05) is 22.0 Å². The third kappa shape index (κ3) is 3.63. The van der Waals surface area contributed by atoms with E-state index in [2.05, 4.69) is 15.9 Å². The smallest absolute Gasteiger partial charge is 0.161 e. The van der Waals surface area contributed by atoms with Gasteiger partial charge in [-0.2, -0.15) is 0 Å². The third-order valence-corrected chi connectivity index (χ3v) is 4.88. The molecule has 1 fully saturated rings. The van der Waals surface area contributed by atoms with Gasteiger partial charge >= 0.3 is 0 Å². The van der Waals surface area contributed by atoms with Gasteiger partial charge in [0, 0.05) is 24.0 Å². The summed E-state index contributed by atoms with van der Waals surface area (Å²) in [6.45, 7) is 4.38. The normalized spacial score (nSPS) is 18.1. The van der Waals surface area contributed by atoms with Crippen molar-refractivity contribution in [3.05, 3.63) is 23.8 Å². The van der Waals surface area contributed by atoms with E-state index in [4.69, 9.17) is 14.2 Å². The summed E-state index contributed by atoms with van der Waals surface area (Å²) in [6, 6.07) is 6.03. The quantitative estimate of drug-likeness (QED) is 0.773. The van der Waals surface area contributed by atoms with Gasteiger partial charge in [0.1, 0.15) is 0 Å². The minimum Gasteiger partial charge on any atom is -0.493 e. The molecule has 1 aromatic carbocycles. The highest BCUT2D eigenvalue weighted by Gasteiger charge is 2.32. The Bertz CT molecular complexity index is 414. The predicted molar refractivity (Wildman–Crippen MR) is 79.5 cm³/mol. The lowest BCUT2D eigenvalue weighted by Gasteiger charge is -2.35. The first-order valence-electron chi connectivity index (χ1n) is 6.60. The van der Waals surface area contributed by atoms with Crippen molar-refractivity contribution in [2.75, 3.05) is 32.3 Å². The van der Waals surface area contributed by atoms with E-state index in [9.17, 15) is 0 Å². The molecule has 1 aliphatic heterocycles. The number of aryl methyl sites for hydroxylation is 1. The number of methoxy groups -OCH3 is 1. The number of halogens is 1. The second kappa shape index (κ2) is 6.62. The summed E-state index contributed by atoms with van der Waals surface area (Å²) in [5.74, 6) is 1.62. The summed E-state index contributed by atoms with van der Waals surface area (Å²) in [4.78, 5) is 0. The predicted octanol–water partition coefficient (Wildman–Crippen LogP) is 3.57. The fourth-order valence-electron chi connectivity index (χ4n) is 2.25. The van der Waals surface area contributed by atoms with Crippen molar-refractivity contribution < 1.29 is 14.2 Å². The zero-order chi connectivity index (χ0) is 13.7. The topological polar surface area (TPSA) is 27.7 Å². The van der Waals surface area contributed by atoms with E-state index in [0.29, 0.717) is 6.61 Å². The van der Waals surface area contributed by atoms with Crippen LogP contribution in [0.3, 0.4) is 0 Å². The molecule has 1 aliphatic rings. The maximum atomic E-state index is 6.01. The summed E-state index contributed by atoms with van der Waals surface area (Å²) < 4.78 is 16.8. The molecule has 4 heteroatoms. The van der Waals surface area contributed by atoms with Crippen LogP contribution < -0.4 is 9.47 Å². The van der Waals surface area contributed by atoms with Crippen LogP contribution in [0.25, 0.3) is 0 Å². The summed E-state index contributed by atoms with van der Waals surface area (Å²) >= 11 is 3.62. The Kier molecular flexibility index (Phi) is 5.11. The monoisotopic (exact) mass is 328 g/mol. The van der Waals surface area contributed by atoms with Crippen molar-refractivity contribution in [3.63, 3.8) is 0 Å². The zero-order valence-corrected chi connectivity index (χ0v) is 13.2. The Labute approximate surface area is 123 Å². The van der Waals surface area contributed by atoms with E-state index in [1.54, 1.807) is 7.11 Å². The Hall–Kier alpha value is -0.740. The number of hydrogen-bond donors (Lipinski definition) is 0. The van der Waals surface area contributed by atoms with Gasteiger partial charge < -0.3 is 14.2 Å². The highest BCUT2D eigenvalue weighted by atomic mass is 79.9. The van der Waals surface area contributed by atoms with Crippen LogP contribution in [0.5, 0.6) is 11.5 Å². The average Bonchev–Trinajstić information content (AvgIpc) is 2.47. The fraction of sp³-hybridized carbons (Fsp3) is 0.600. The largest absolute Gasteiger partial charge is 0.493 e. The molecule has 0 amide bonds. The number of benzene rings is 1. The maximum Gasteiger partial charge on any atom is 0.161 e. The molecule has 1 aromatic rings. The van der Waals surface area contributed by atoms with Gasteiger partial charge in [0.15, 0.2) is 11.5 Å². The second-order valence-electron chi connectivity index (χ2n) is 5.19. The van der Waals surface area contributed by atoms with Gasteiger partial charge in [-0.05, 0) is 37.5 Å². The third-order valence-electron chi connectivity index (χ3n) is 3.69. The van der Waals surface area contributed by atoms with Crippen molar-refractivity contribution in [3.8, 4) is 11.5 Å². The SMILES string of the molecule is COc1cc(C)ccc1OCC1(CBr)CCOCC1. The summed E-state index contributed by atoms with van der Waals surface area (Å²) in [6.07, 6.45) is 2.07. The molecule has 19 heavy (non-hydrogen) atoms. The number of hydrogen-bond acceptors (Lipinski definition) is 3. The van der Waals surface area contributed by atoms with E-state index in [-0.39, 0.29) is 5.41 Å². The molecule has 0 unspecified atom stereocenters. The Morgan fingerprint density at radius 3 is 2.63 bits per heavy atom. The molecule has 1 saturated heterocycles. The molecule has 0 N–H and O–H groups in total. The standard InChI is InChI=1S/C15H21BrO3/c1-12-3-4-13(14(9-12)17-2)19-11-15(10-16)5-7-18-8-6-15/h3-4,9H,5-8,10-11H2,1-2H3. The Morgan fingerprint density at radius 1 is 1.26 bits per heavy atom. The Morgan fingerprint density at radius 2 is 2.00 bits per heavy atom. The van der Waals surface area contributed by atoms with Gasteiger partial charge in [0.05, 0.1) is 13.7 Å². The van der Waals surface area contributed by atoms with Crippen molar-refractivity contribution in [1.29, 1.82) is 0 Å². The number of alkyl halides is 1. The number of ether oxygens (including phenoxy) is 3. The van der Waals surface area contributed by atoms with Crippen LogP contribution in [0.4, 0.5) is 0 Å². The molecule has 3 nitrogen and oxygen atoms in total. The first-order valence-corrected chi connectivity index (χ1v) is 7.72. The molecular weight excluding hydrogens is 308 g/mol. The van der Waals surface area contributed by atoms with Crippen molar-refractivity contribution in [2.24, 2.45) is 5.41 Å². The van der Waals surface area contributed by atoms with E-state index in [1.807, 2.05) is 25.1 Å². The minimum absolute atomic E-state index is 0.175. The van der Waals surface area contributed by atoms with Crippen molar-refractivity contribution >= 4 is 15.9 Å². The molecule has 0 radical (unpaired) electrons. The molecule has 1 heterocycles. The highest BCUT2D eigenvalue weighted by Crippen LogP contribution is 2.35. The van der Waals surface area contributed by atoms with Crippen LogP contribution in [0, 0.1) is 12.3 Å². The van der Waals surface area contributed by atoms with Crippen LogP contribution in [-0.2, 0) is 4.74 Å². The van der Waals surface area contributed by atoms with Crippen molar-refractivity contribution in [1.82, 2.24) is 0 Å². The lowest BCUT2D eigenvalue weighted by molar-refractivity contribution is 0.00314. The lowest BCUT2D eigenvalue weighted by atomic mass is 9.83. The number of rotatable bonds is 5. The molecule has 0 saturated carbocycles. The van der Waals surface area contributed by atoms with Gasteiger partial charge in [0.25, 0.3) is 0 Å². The molecular formula is C15H21BrO3. The van der Waals surface area contributed by atoms with E-state index >= 15 is 0 Å². The minimum atomic E-state index is 0.175. The van der Waals surface area contributed by atoms with Crippen LogP contribution in [0.2, 0.25) is 0 Å². The summed E-state index contributed by atoms with van der Waals surface area (Å²) in [5, 5.41) is 0.942. The van der Waals surface area contributed by atoms with Crippen molar-refractivity contribution in [2.45, 2.75) is 19.8 Å². The fourth-order valence-corrected chi connectivity index (χ4v) is 2.97. The molecule has 0 aromatic heterocycles.